The first kappa shape index (κ1) is 28.0. The topological polar surface area (TPSA) is 165 Å². The van der Waals surface area contributed by atoms with Crippen LogP contribution in [0.5, 0.6) is 0 Å². The summed E-state index contributed by atoms with van der Waals surface area (Å²) in [5, 5.41) is 6.06. The third-order valence-corrected chi connectivity index (χ3v) is 8.09. The van der Waals surface area contributed by atoms with Crippen molar-refractivity contribution in [2.45, 2.75) is 57.5 Å². The van der Waals surface area contributed by atoms with E-state index in [1.807, 2.05) is 12.1 Å². The number of benzene rings is 2. The van der Waals surface area contributed by atoms with Crippen LogP contribution in [-0.2, 0) is 20.8 Å². The summed E-state index contributed by atoms with van der Waals surface area (Å²) < 4.78 is 7.60. The number of Topliss-reactive ketones (excluding diaryl/α,β-unsaturated/α-hetero) is 1. The second kappa shape index (κ2) is 11.6. The lowest BCUT2D eigenvalue weighted by Gasteiger charge is -2.25. The molecule has 220 valence electrons. The van der Waals surface area contributed by atoms with Crippen molar-refractivity contribution in [2.75, 3.05) is 5.32 Å². The van der Waals surface area contributed by atoms with E-state index in [1.165, 1.54) is 13.3 Å². The van der Waals surface area contributed by atoms with Gasteiger partial charge < -0.3 is 30.3 Å². The van der Waals surface area contributed by atoms with Gasteiger partial charge in [-0.05, 0) is 60.9 Å². The highest BCUT2D eigenvalue weighted by atomic mass is 16.3. The van der Waals surface area contributed by atoms with Crippen molar-refractivity contribution in [2.24, 2.45) is 5.73 Å². The minimum Gasteiger partial charge on any atom is -0.472 e. The molecule has 5 aromatic rings. The van der Waals surface area contributed by atoms with E-state index in [-0.39, 0.29) is 6.42 Å². The number of hydrogen-bond donors (Lipinski definition) is 4. The maximum atomic E-state index is 13.4. The number of anilines is 1. The van der Waals surface area contributed by atoms with Gasteiger partial charge in [-0.25, -0.2) is 4.98 Å². The molecule has 0 saturated heterocycles. The molecule has 1 saturated carbocycles. The average molecular weight is 581 g/mol. The third-order valence-electron chi connectivity index (χ3n) is 8.09. The van der Waals surface area contributed by atoms with Crippen LogP contribution >= 0.6 is 0 Å². The van der Waals surface area contributed by atoms with Crippen molar-refractivity contribution in [3.05, 3.63) is 72.3 Å². The number of primary amides is 1. The fourth-order valence-electron chi connectivity index (χ4n) is 5.87. The minimum atomic E-state index is -1.00. The second-order valence-corrected chi connectivity index (χ2v) is 11.0. The lowest BCUT2D eigenvalue weighted by atomic mass is 9.95. The number of aromatic nitrogens is 3. The molecule has 6 rings (SSSR count). The van der Waals surface area contributed by atoms with Gasteiger partial charge in [0.15, 0.2) is 0 Å². The molecule has 1 fully saturated rings. The summed E-state index contributed by atoms with van der Waals surface area (Å²) in [6, 6.07) is 11.7. The van der Waals surface area contributed by atoms with E-state index in [2.05, 4.69) is 20.2 Å². The Kier molecular flexibility index (Phi) is 7.54. The Morgan fingerprint density at radius 2 is 1.91 bits per heavy atom. The molecule has 0 spiro atoms. The van der Waals surface area contributed by atoms with Crippen LogP contribution in [0.15, 0.2) is 65.6 Å². The van der Waals surface area contributed by atoms with Crippen molar-refractivity contribution in [1.82, 2.24) is 19.9 Å². The van der Waals surface area contributed by atoms with E-state index in [1.54, 1.807) is 49.1 Å². The van der Waals surface area contributed by atoms with Crippen LogP contribution in [0.2, 0.25) is 0 Å². The van der Waals surface area contributed by atoms with Crippen LogP contribution in [0, 0.1) is 0 Å². The molecule has 1 aliphatic rings. The monoisotopic (exact) mass is 580 g/mol. The molecule has 0 bridgehead atoms. The van der Waals surface area contributed by atoms with Gasteiger partial charge >= 0.3 is 0 Å². The van der Waals surface area contributed by atoms with Gasteiger partial charge in [-0.2, -0.15) is 0 Å². The molecule has 0 unspecified atom stereocenters. The molecule has 11 nitrogen and oxygen atoms in total. The van der Waals surface area contributed by atoms with Crippen molar-refractivity contribution in [1.29, 1.82) is 0 Å². The molecule has 1 atom stereocenters. The van der Waals surface area contributed by atoms with E-state index in [0.29, 0.717) is 28.4 Å². The number of rotatable bonds is 9. The second-order valence-electron chi connectivity index (χ2n) is 11.0. The van der Waals surface area contributed by atoms with Crippen molar-refractivity contribution in [3.8, 4) is 11.4 Å². The molecule has 3 aromatic heterocycles. The standard InChI is InChI=1S/C32H32N6O5/c1-18(39)31(41)35-22-8-9-25-24(15-22)21(16-34-25)14-27(29(33)40)37-32(42)19-7-10-28-26(13-19)36-30(20-11-12-43-17-20)38(28)23-5-3-2-4-6-23/h7-13,15-17,23,27,34H,2-6,14H2,1H3,(H2,33,40)(H,35,41)(H,37,42)/t27-/m0/s1. The first-order valence-electron chi connectivity index (χ1n) is 14.3. The zero-order valence-electron chi connectivity index (χ0n) is 23.7. The molecule has 3 amide bonds. The number of hydrogen-bond acceptors (Lipinski definition) is 6. The van der Waals surface area contributed by atoms with E-state index < -0.39 is 29.5 Å². The summed E-state index contributed by atoms with van der Waals surface area (Å²) in [4.78, 5) is 57.1. The van der Waals surface area contributed by atoms with E-state index >= 15 is 0 Å². The summed E-state index contributed by atoms with van der Waals surface area (Å²) in [5.74, 6) is -1.66. The summed E-state index contributed by atoms with van der Waals surface area (Å²) >= 11 is 0. The Bertz CT molecular complexity index is 1840. The molecule has 1 aliphatic carbocycles. The van der Waals surface area contributed by atoms with Crippen molar-refractivity contribution < 1.29 is 23.6 Å². The van der Waals surface area contributed by atoms with Crippen LogP contribution < -0.4 is 16.4 Å². The zero-order chi connectivity index (χ0) is 30.1. The smallest absolute Gasteiger partial charge is 0.291 e. The fourth-order valence-corrected chi connectivity index (χ4v) is 5.87. The fraction of sp³-hybridized carbons (Fsp3) is 0.281. The molecule has 5 N–H and O–H groups in total. The number of fused-ring (bicyclic) bond motifs is 2. The van der Waals surface area contributed by atoms with Gasteiger partial charge in [0.25, 0.3) is 11.8 Å². The van der Waals surface area contributed by atoms with Gasteiger partial charge in [0, 0.05) is 47.7 Å². The lowest BCUT2D eigenvalue weighted by molar-refractivity contribution is -0.133. The first-order chi connectivity index (χ1) is 20.8. The third kappa shape index (κ3) is 5.66. The van der Waals surface area contributed by atoms with Gasteiger partial charge in [-0.15, -0.1) is 0 Å². The number of carbonyl (C=O) groups is 4. The van der Waals surface area contributed by atoms with Crippen LogP contribution in [0.1, 0.15) is 61.0 Å². The number of nitrogens with two attached hydrogens (primary N) is 1. The van der Waals surface area contributed by atoms with Gasteiger partial charge in [0.05, 0.1) is 22.9 Å². The lowest BCUT2D eigenvalue weighted by Crippen LogP contribution is -2.45. The Labute approximate surface area is 246 Å². The molecule has 2 aromatic carbocycles. The van der Waals surface area contributed by atoms with Crippen molar-refractivity contribution >= 4 is 51.1 Å². The average Bonchev–Trinajstić information content (AvgIpc) is 3.75. The molecular formula is C32H32N6O5. The highest BCUT2D eigenvalue weighted by molar-refractivity contribution is 6.39. The number of H-pyrrole nitrogens is 1. The Morgan fingerprint density at radius 3 is 2.63 bits per heavy atom. The van der Waals surface area contributed by atoms with Crippen LogP contribution in [0.3, 0.4) is 0 Å². The number of carbonyl (C=O) groups excluding carboxylic acids is 4. The van der Waals surface area contributed by atoms with E-state index in [0.717, 1.165) is 53.5 Å². The zero-order valence-corrected chi connectivity index (χ0v) is 23.7. The number of nitrogens with one attached hydrogen (secondary N) is 3. The van der Waals surface area contributed by atoms with Crippen LogP contribution in [-0.4, -0.2) is 44.1 Å². The summed E-state index contributed by atoms with van der Waals surface area (Å²) in [6.45, 7) is 1.19. The number of furan rings is 1. The highest BCUT2D eigenvalue weighted by Gasteiger charge is 2.25. The summed E-state index contributed by atoms with van der Waals surface area (Å²) in [7, 11) is 0. The van der Waals surface area contributed by atoms with Gasteiger partial charge in [-0.1, -0.05) is 19.3 Å². The largest absolute Gasteiger partial charge is 0.472 e. The first-order valence-corrected chi connectivity index (χ1v) is 14.3. The maximum absolute atomic E-state index is 13.4. The molecule has 0 radical (unpaired) electrons. The predicted octanol–water partition coefficient (Wildman–Crippen LogP) is 4.64. The van der Waals surface area contributed by atoms with Gasteiger partial charge in [-0.3, -0.25) is 19.2 Å². The Morgan fingerprint density at radius 1 is 1.09 bits per heavy atom. The van der Waals surface area contributed by atoms with Crippen molar-refractivity contribution in [3.63, 3.8) is 0 Å². The predicted molar refractivity (Wildman–Crippen MR) is 161 cm³/mol. The maximum Gasteiger partial charge on any atom is 0.291 e. The van der Waals surface area contributed by atoms with E-state index in [4.69, 9.17) is 15.1 Å². The van der Waals surface area contributed by atoms with Gasteiger partial charge in [0.2, 0.25) is 11.7 Å². The number of amides is 3. The van der Waals surface area contributed by atoms with E-state index in [9.17, 15) is 19.2 Å². The Balaban J connectivity index is 1.25. The van der Waals surface area contributed by atoms with Crippen LogP contribution in [0.25, 0.3) is 33.3 Å². The molecular weight excluding hydrogens is 548 g/mol. The Hall–Kier alpha value is -5.19. The highest BCUT2D eigenvalue weighted by Crippen LogP contribution is 2.36. The normalized spacial score (nSPS) is 14.5. The molecule has 0 aliphatic heterocycles. The molecule has 11 heteroatoms. The molecule has 43 heavy (non-hydrogen) atoms. The quantitative estimate of drug-likeness (QED) is 0.186. The molecule has 3 heterocycles. The minimum absolute atomic E-state index is 0.119. The SMILES string of the molecule is CC(=O)C(=O)Nc1ccc2[nH]cc(C[C@H](NC(=O)c3ccc4c(c3)nc(-c3ccoc3)n4C3CCCCC3)C(N)=O)c2c1. The van der Waals surface area contributed by atoms with Gasteiger partial charge in [0.1, 0.15) is 18.1 Å². The summed E-state index contributed by atoms with van der Waals surface area (Å²) in [5.41, 5.74) is 10.5. The number of ketones is 1. The number of imidazole rings is 1. The number of aromatic amines is 1. The summed E-state index contributed by atoms with van der Waals surface area (Å²) in [6.07, 6.45) is 10.8. The van der Waals surface area contributed by atoms with Crippen LogP contribution in [0.4, 0.5) is 5.69 Å². The number of nitrogens with zero attached hydrogens (tertiary/aromatic N) is 2.